The predicted octanol–water partition coefficient (Wildman–Crippen LogP) is 4.70. The Balaban J connectivity index is 1.81. The van der Waals surface area contributed by atoms with Gasteiger partial charge in [0.15, 0.2) is 6.73 Å². The van der Waals surface area contributed by atoms with Crippen LogP contribution in [0.2, 0.25) is 0 Å². The molecule has 0 spiro atoms. The number of esters is 1. The van der Waals surface area contributed by atoms with Gasteiger partial charge >= 0.3 is 5.97 Å². The summed E-state index contributed by atoms with van der Waals surface area (Å²) in [5, 5.41) is 12.8. The largest absolute Gasteiger partial charge is 0.443 e. The molecule has 9 heteroatoms. The minimum atomic E-state index is -0.641. The van der Waals surface area contributed by atoms with Gasteiger partial charge in [0.25, 0.3) is 0 Å². The van der Waals surface area contributed by atoms with Crippen molar-refractivity contribution in [3.63, 3.8) is 0 Å². The number of nitriles is 1. The van der Waals surface area contributed by atoms with E-state index in [4.69, 9.17) is 4.74 Å². The number of carbonyl (C=O) groups excluding carboxylic acids is 2. The molecule has 0 aliphatic carbocycles. The Labute approximate surface area is 208 Å². The van der Waals surface area contributed by atoms with Crippen molar-refractivity contribution in [2.75, 3.05) is 5.32 Å². The van der Waals surface area contributed by atoms with E-state index in [2.05, 4.69) is 32.9 Å². The number of nitrogens with one attached hydrogen (secondary N) is 1. The van der Waals surface area contributed by atoms with Crippen LogP contribution in [-0.4, -0.2) is 31.4 Å². The number of carbonyl (C=O) groups is 2. The van der Waals surface area contributed by atoms with Crippen LogP contribution in [0.25, 0.3) is 33.3 Å². The lowest BCUT2D eigenvalue weighted by Gasteiger charge is -2.17. The summed E-state index contributed by atoms with van der Waals surface area (Å²) in [6.07, 6.45) is 9.51. The summed E-state index contributed by atoms with van der Waals surface area (Å²) in [5.41, 5.74) is 3.86. The molecular weight excluding hydrogens is 456 g/mol. The van der Waals surface area contributed by atoms with Gasteiger partial charge in [-0.05, 0) is 56.7 Å². The Morgan fingerprint density at radius 3 is 2.64 bits per heavy atom. The first-order valence-electron chi connectivity index (χ1n) is 11.1. The Kier molecular flexibility index (Phi) is 6.61. The van der Waals surface area contributed by atoms with Crippen LogP contribution in [0.15, 0.2) is 67.9 Å². The number of hydrogen-bond acceptors (Lipinski definition) is 7. The van der Waals surface area contributed by atoms with E-state index in [1.165, 1.54) is 6.08 Å². The number of aromatic nitrogens is 4. The Hall–Kier alpha value is -4.84. The number of amides is 1. The second kappa shape index (κ2) is 9.80. The molecule has 0 aliphatic rings. The lowest BCUT2D eigenvalue weighted by molar-refractivity contribution is -0.156. The number of fused-ring (bicyclic) bond motifs is 1. The average Bonchev–Trinajstić information content (AvgIpc) is 3.24. The molecule has 4 aromatic heterocycles. The molecule has 36 heavy (non-hydrogen) atoms. The topological polar surface area (TPSA) is 123 Å². The Bertz CT molecular complexity index is 1520. The van der Waals surface area contributed by atoms with Crippen LogP contribution in [0.5, 0.6) is 0 Å². The van der Waals surface area contributed by atoms with Crippen LogP contribution in [0.1, 0.15) is 26.5 Å². The van der Waals surface area contributed by atoms with E-state index >= 15 is 0 Å². The van der Waals surface area contributed by atoms with E-state index in [9.17, 15) is 14.9 Å². The summed E-state index contributed by atoms with van der Waals surface area (Å²) in [7, 11) is 0. The second-order valence-electron chi connectivity index (χ2n) is 9.12. The maximum absolute atomic E-state index is 12.4. The van der Waals surface area contributed by atoms with Crippen molar-refractivity contribution in [3.8, 4) is 28.3 Å². The molecule has 1 amide bonds. The highest BCUT2D eigenvalue weighted by Crippen LogP contribution is 2.33. The van der Waals surface area contributed by atoms with Gasteiger partial charge < -0.3 is 10.1 Å². The summed E-state index contributed by atoms with van der Waals surface area (Å²) in [6.45, 7) is 8.82. The van der Waals surface area contributed by atoms with E-state index in [1.54, 1.807) is 68.3 Å². The molecule has 4 rings (SSSR count). The minimum Gasteiger partial charge on any atom is -0.443 e. The molecule has 0 bridgehead atoms. The zero-order valence-corrected chi connectivity index (χ0v) is 20.1. The fraction of sp³-hybridized carbons (Fsp3) is 0.185. The van der Waals surface area contributed by atoms with Crippen LogP contribution in [0.4, 0.5) is 5.69 Å². The zero-order valence-electron chi connectivity index (χ0n) is 20.1. The van der Waals surface area contributed by atoms with E-state index in [0.29, 0.717) is 11.3 Å². The summed E-state index contributed by atoms with van der Waals surface area (Å²) >= 11 is 0. The van der Waals surface area contributed by atoms with Gasteiger partial charge in [0.05, 0.1) is 17.3 Å². The van der Waals surface area contributed by atoms with E-state index < -0.39 is 5.41 Å². The van der Waals surface area contributed by atoms with Gasteiger partial charge in [-0.1, -0.05) is 6.58 Å². The van der Waals surface area contributed by atoms with E-state index in [1.807, 2.05) is 12.3 Å². The molecule has 9 nitrogen and oxygen atoms in total. The monoisotopic (exact) mass is 480 g/mol. The molecule has 180 valence electrons. The van der Waals surface area contributed by atoms with Crippen LogP contribution in [-0.2, 0) is 21.1 Å². The summed E-state index contributed by atoms with van der Waals surface area (Å²) in [5.74, 6) is -0.666. The molecule has 0 aliphatic heterocycles. The average molecular weight is 481 g/mol. The molecule has 0 atom stereocenters. The molecule has 4 heterocycles. The molecule has 0 unspecified atom stereocenters. The summed E-state index contributed by atoms with van der Waals surface area (Å²) in [4.78, 5) is 37.0. The molecule has 1 N–H and O–H groups in total. The third-order valence-corrected chi connectivity index (χ3v) is 5.37. The van der Waals surface area contributed by atoms with Crippen molar-refractivity contribution in [1.29, 1.82) is 5.26 Å². The van der Waals surface area contributed by atoms with Gasteiger partial charge in [-0.3, -0.25) is 19.1 Å². The number of pyridine rings is 3. The molecule has 0 aromatic carbocycles. The van der Waals surface area contributed by atoms with Gasteiger partial charge in [0, 0.05) is 46.9 Å². The first kappa shape index (κ1) is 24.3. The molecule has 0 fully saturated rings. The third-order valence-electron chi connectivity index (χ3n) is 5.37. The van der Waals surface area contributed by atoms with Gasteiger partial charge in [-0.25, -0.2) is 9.97 Å². The maximum atomic E-state index is 12.4. The number of rotatable bonds is 6. The first-order chi connectivity index (χ1) is 17.2. The van der Waals surface area contributed by atoms with Crippen molar-refractivity contribution >= 4 is 28.6 Å². The number of ether oxygens (including phenoxy) is 1. The van der Waals surface area contributed by atoms with Crippen molar-refractivity contribution in [2.45, 2.75) is 27.5 Å². The fourth-order valence-electron chi connectivity index (χ4n) is 3.52. The molecular formula is C27H24N6O3. The quantitative estimate of drug-likeness (QED) is 0.313. The van der Waals surface area contributed by atoms with Crippen molar-refractivity contribution in [3.05, 3.63) is 73.6 Å². The lowest BCUT2D eigenvalue weighted by atomic mass is 9.98. The lowest BCUT2D eigenvalue weighted by Crippen LogP contribution is -2.23. The van der Waals surface area contributed by atoms with E-state index in [0.717, 1.165) is 27.6 Å². The van der Waals surface area contributed by atoms with Crippen LogP contribution in [0, 0.1) is 16.7 Å². The van der Waals surface area contributed by atoms with E-state index in [-0.39, 0.29) is 24.3 Å². The zero-order chi connectivity index (χ0) is 25.9. The highest BCUT2D eigenvalue weighted by molar-refractivity contribution is 5.99. The Morgan fingerprint density at radius 1 is 1.14 bits per heavy atom. The predicted molar refractivity (Wildman–Crippen MR) is 135 cm³/mol. The summed E-state index contributed by atoms with van der Waals surface area (Å²) < 4.78 is 7.29. The van der Waals surface area contributed by atoms with Gasteiger partial charge in [-0.2, -0.15) is 5.26 Å². The number of nitrogens with zero attached hydrogens (tertiary/aromatic N) is 5. The number of hydrogen-bond donors (Lipinski definition) is 1. The van der Waals surface area contributed by atoms with Crippen LogP contribution >= 0.6 is 0 Å². The molecule has 0 radical (unpaired) electrons. The smallest absolute Gasteiger partial charge is 0.312 e. The second-order valence-corrected chi connectivity index (χ2v) is 9.12. The third kappa shape index (κ3) is 5.13. The molecule has 4 aromatic rings. The van der Waals surface area contributed by atoms with Gasteiger partial charge in [0.1, 0.15) is 17.4 Å². The molecule has 0 saturated carbocycles. The van der Waals surface area contributed by atoms with Gasteiger partial charge in [0.2, 0.25) is 5.91 Å². The van der Waals surface area contributed by atoms with Crippen molar-refractivity contribution in [1.82, 2.24) is 19.5 Å². The molecule has 0 saturated heterocycles. The highest BCUT2D eigenvalue weighted by atomic mass is 16.5. The SMILES string of the molecule is C=CC(=O)Nc1cncc(-c2cnc3c(c2)c(-c2ccnc(C#N)c2)cn3COC(=O)C(C)(C)C)c1. The van der Waals surface area contributed by atoms with Gasteiger partial charge in [-0.15, -0.1) is 0 Å². The number of anilines is 1. The van der Waals surface area contributed by atoms with Crippen LogP contribution < -0.4 is 5.32 Å². The normalized spacial score (nSPS) is 11.1. The minimum absolute atomic E-state index is 0.0141. The highest BCUT2D eigenvalue weighted by Gasteiger charge is 2.23. The van der Waals surface area contributed by atoms with Crippen molar-refractivity contribution in [2.24, 2.45) is 5.41 Å². The standard InChI is InChI=1S/C27H24N6O3/c1-5-24(34)32-21-9-18(12-29-14-21)19-10-22-23(17-6-7-30-20(8-17)11-28)15-33(25(22)31-13-19)16-36-26(35)27(2,3)4/h5-10,12-15H,1,16H2,2-4H3,(H,32,34). The fourth-order valence-corrected chi connectivity index (χ4v) is 3.52. The summed E-state index contributed by atoms with van der Waals surface area (Å²) in [6, 6.07) is 9.30. The Morgan fingerprint density at radius 2 is 1.92 bits per heavy atom. The maximum Gasteiger partial charge on any atom is 0.312 e. The first-order valence-corrected chi connectivity index (χ1v) is 11.1. The van der Waals surface area contributed by atoms with Crippen LogP contribution in [0.3, 0.4) is 0 Å². The van der Waals surface area contributed by atoms with Crippen molar-refractivity contribution < 1.29 is 14.3 Å².